The number of nitrogens with one attached hydrogen (secondary N) is 1. The molecular weight excluding hydrogens is 490 g/mol. The lowest BCUT2D eigenvalue weighted by molar-refractivity contribution is -0.114. The number of hydrogen-bond donors (Lipinski definition) is 1. The Kier molecular flexibility index (Phi) is 8.05. The van der Waals surface area contributed by atoms with Crippen molar-refractivity contribution in [3.8, 4) is 11.5 Å². The smallest absolute Gasteiger partial charge is 0.264 e. The first kappa shape index (κ1) is 25.7. The largest absolute Gasteiger partial charge is 0.497 e. The second-order valence-corrected chi connectivity index (χ2v) is 10.0. The summed E-state index contributed by atoms with van der Waals surface area (Å²) in [6.45, 7) is -0.473. The first-order valence-corrected chi connectivity index (χ1v) is 12.9. The number of carbonyl (C=O) groups is 1. The molecule has 0 saturated heterocycles. The summed E-state index contributed by atoms with van der Waals surface area (Å²) in [5.74, 6) is 0.203. The molecule has 3 aromatic carbocycles. The molecule has 9 heteroatoms. The summed E-state index contributed by atoms with van der Waals surface area (Å²) < 4.78 is 39.0. The van der Waals surface area contributed by atoms with Gasteiger partial charge in [-0.25, -0.2) is 8.42 Å². The fourth-order valence-corrected chi connectivity index (χ4v) is 5.23. The van der Waals surface area contributed by atoms with Gasteiger partial charge in [-0.1, -0.05) is 30.3 Å². The zero-order valence-electron chi connectivity index (χ0n) is 20.5. The molecule has 0 spiro atoms. The number of methoxy groups -OCH3 is 2. The Balaban J connectivity index is 1.59. The predicted molar refractivity (Wildman–Crippen MR) is 143 cm³/mol. The highest BCUT2D eigenvalue weighted by Crippen LogP contribution is 2.35. The van der Waals surface area contributed by atoms with Crippen molar-refractivity contribution < 1.29 is 22.7 Å². The highest BCUT2D eigenvalue weighted by molar-refractivity contribution is 7.92. The second-order valence-electron chi connectivity index (χ2n) is 8.14. The van der Waals surface area contributed by atoms with Crippen LogP contribution in [0.2, 0.25) is 0 Å². The summed E-state index contributed by atoms with van der Waals surface area (Å²) >= 11 is 0. The zero-order chi connectivity index (χ0) is 26.3. The number of amides is 1. The molecule has 1 N–H and O–H groups in total. The number of benzene rings is 3. The van der Waals surface area contributed by atoms with Crippen molar-refractivity contribution in [3.05, 3.63) is 108 Å². The minimum Gasteiger partial charge on any atom is -0.497 e. The first-order chi connectivity index (χ1) is 17.9. The van der Waals surface area contributed by atoms with Crippen molar-refractivity contribution >= 4 is 27.3 Å². The van der Waals surface area contributed by atoms with Crippen molar-refractivity contribution in [1.29, 1.82) is 0 Å². The molecule has 1 heterocycles. The quantitative estimate of drug-likeness (QED) is 0.332. The fourth-order valence-electron chi connectivity index (χ4n) is 3.78. The van der Waals surface area contributed by atoms with Crippen LogP contribution in [0.25, 0.3) is 0 Å². The van der Waals surface area contributed by atoms with Crippen LogP contribution in [-0.2, 0) is 21.2 Å². The Labute approximate surface area is 216 Å². The van der Waals surface area contributed by atoms with Gasteiger partial charge in [-0.15, -0.1) is 0 Å². The molecule has 8 nitrogen and oxygen atoms in total. The number of anilines is 2. The van der Waals surface area contributed by atoms with E-state index in [1.165, 1.54) is 32.4 Å². The van der Waals surface area contributed by atoms with Gasteiger partial charge in [0, 0.05) is 24.1 Å². The van der Waals surface area contributed by atoms with Gasteiger partial charge >= 0.3 is 0 Å². The Morgan fingerprint density at radius 1 is 0.865 bits per heavy atom. The molecule has 0 atom stereocenters. The van der Waals surface area contributed by atoms with E-state index in [1.54, 1.807) is 54.9 Å². The van der Waals surface area contributed by atoms with Crippen molar-refractivity contribution in [2.75, 3.05) is 30.4 Å². The average Bonchev–Trinajstić information content (AvgIpc) is 2.93. The van der Waals surface area contributed by atoms with Gasteiger partial charge < -0.3 is 14.8 Å². The molecule has 190 valence electrons. The van der Waals surface area contributed by atoms with Gasteiger partial charge in [0.05, 0.1) is 24.8 Å². The zero-order valence-corrected chi connectivity index (χ0v) is 21.3. The molecule has 0 aliphatic heterocycles. The van der Waals surface area contributed by atoms with E-state index >= 15 is 0 Å². The van der Waals surface area contributed by atoms with Gasteiger partial charge in [-0.2, -0.15) is 0 Å². The van der Waals surface area contributed by atoms with Gasteiger partial charge in [-0.05, 0) is 66.1 Å². The number of pyridine rings is 1. The first-order valence-electron chi connectivity index (χ1n) is 11.5. The minimum absolute atomic E-state index is 0.0492. The maximum atomic E-state index is 13.7. The van der Waals surface area contributed by atoms with Crippen LogP contribution >= 0.6 is 0 Å². The number of nitrogens with zero attached hydrogens (tertiary/aromatic N) is 2. The molecule has 0 saturated carbocycles. The van der Waals surface area contributed by atoms with Gasteiger partial charge in [0.2, 0.25) is 5.91 Å². The van der Waals surface area contributed by atoms with E-state index in [0.717, 1.165) is 21.9 Å². The van der Waals surface area contributed by atoms with E-state index in [1.807, 2.05) is 24.3 Å². The monoisotopic (exact) mass is 517 g/mol. The summed E-state index contributed by atoms with van der Waals surface area (Å²) in [4.78, 5) is 17.2. The Morgan fingerprint density at radius 2 is 1.54 bits per heavy atom. The summed E-state index contributed by atoms with van der Waals surface area (Å²) in [6.07, 6.45) is 4.22. The number of sulfonamides is 1. The molecular formula is C28H27N3O5S. The maximum absolute atomic E-state index is 13.7. The molecule has 0 unspecified atom stereocenters. The fraction of sp³-hybridized carbons (Fsp3) is 0.143. The number of carbonyl (C=O) groups excluding carboxylic acids is 1. The van der Waals surface area contributed by atoms with E-state index in [9.17, 15) is 13.2 Å². The molecule has 4 aromatic rings. The normalized spacial score (nSPS) is 11.0. The summed E-state index contributed by atoms with van der Waals surface area (Å²) in [5.41, 5.74) is 2.94. The summed E-state index contributed by atoms with van der Waals surface area (Å²) in [5, 5.41) is 2.80. The highest BCUT2D eigenvalue weighted by atomic mass is 32.2. The third-order valence-electron chi connectivity index (χ3n) is 5.67. The van der Waals surface area contributed by atoms with Crippen LogP contribution in [0, 0.1) is 0 Å². The van der Waals surface area contributed by atoms with Crippen LogP contribution in [0.15, 0.2) is 102 Å². The van der Waals surface area contributed by atoms with Gasteiger partial charge in [0.25, 0.3) is 10.0 Å². The van der Waals surface area contributed by atoms with Crippen LogP contribution in [0.4, 0.5) is 11.4 Å². The van der Waals surface area contributed by atoms with E-state index in [2.05, 4.69) is 10.3 Å². The second kappa shape index (κ2) is 11.6. The van der Waals surface area contributed by atoms with E-state index < -0.39 is 22.5 Å². The standard InChI is InChI=1S/C28H27N3O5S/c1-35-24-12-13-27(36-2)26(19-24)31(37(33,34)25-6-4-3-5-7-25)20-28(32)30-23-10-8-21(9-11-23)18-22-14-16-29-17-15-22/h3-17,19H,18,20H2,1-2H3,(H,30,32). The Bertz CT molecular complexity index is 1440. The number of rotatable bonds is 10. The predicted octanol–water partition coefficient (Wildman–Crippen LogP) is 4.52. The van der Waals surface area contributed by atoms with Crippen LogP contribution in [-0.4, -0.2) is 40.1 Å². The van der Waals surface area contributed by atoms with Gasteiger partial charge in [-0.3, -0.25) is 14.1 Å². The van der Waals surface area contributed by atoms with Crippen molar-refractivity contribution in [2.24, 2.45) is 0 Å². The Hall–Kier alpha value is -4.37. The van der Waals surface area contributed by atoms with Crippen molar-refractivity contribution in [1.82, 2.24) is 4.98 Å². The van der Waals surface area contributed by atoms with Crippen LogP contribution in [0.5, 0.6) is 11.5 Å². The third-order valence-corrected chi connectivity index (χ3v) is 7.44. The maximum Gasteiger partial charge on any atom is 0.264 e. The molecule has 4 rings (SSSR count). The van der Waals surface area contributed by atoms with E-state index in [4.69, 9.17) is 9.47 Å². The molecule has 1 aromatic heterocycles. The lowest BCUT2D eigenvalue weighted by Crippen LogP contribution is -2.38. The van der Waals surface area contributed by atoms with Crippen LogP contribution < -0.4 is 19.1 Å². The van der Waals surface area contributed by atoms with Crippen LogP contribution in [0.1, 0.15) is 11.1 Å². The van der Waals surface area contributed by atoms with Crippen LogP contribution in [0.3, 0.4) is 0 Å². The topological polar surface area (TPSA) is 97.8 Å². The van der Waals surface area contributed by atoms with E-state index in [0.29, 0.717) is 11.4 Å². The molecule has 0 fully saturated rings. The molecule has 0 aliphatic carbocycles. The van der Waals surface area contributed by atoms with E-state index in [-0.39, 0.29) is 16.3 Å². The molecule has 0 radical (unpaired) electrons. The summed E-state index contributed by atoms with van der Waals surface area (Å²) in [6, 6.07) is 24.0. The third kappa shape index (κ3) is 6.25. The molecule has 0 aliphatic rings. The van der Waals surface area contributed by atoms with Crippen molar-refractivity contribution in [3.63, 3.8) is 0 Å². The summed E-state index contributed by atoms with van der Waals surface area (Å²) in [7, 11) is -1.19. The Morgan fingerprint density at radius 3 is 2.19 bits per heavy atom. The molecule has 37 heavy (non-hydrogen) atoms. The highest BCUT2D eigenvalue weighted by Gasteiger charge is 2.30. The number of ether oxygens (including phenoxy) is 2. The van der Waals surface area contributed by atoms with Gasteiger partial charge in [0.1, 0.15) is 18.0 Å². The average molecular weight is 518 g/mol. The molecule has 0 bridgehead atoms. The number of hydrogen-bond acceptors (Lipinski definition) is 6. The molecule has 1 amide bonds. The van der Waals surface area contributed by atoms with Gasteiger partial charge in [0.15, 0.2) is 0 Å². The van der Waals surface area contributed by atoms with Crippen molar-refractivity contribution in [2.45, 2.75) is 11.3 Å². The lowest BCUT2D eigenvalue weighted by Gasteiger charge is -2.26. The SMILES string of the molecule is COc1ccc(OC)c(N(CC(=O)Nc2ccc(Cc3ccncc3)cc2)S(=O)(=O)c2ccccc2)c1. The lowest BCUT2D eigenvalue weighted by atomic mass is 10.1. The number of aromatic nitrogens is 1. The minimum atomic E-state index is -4.11.